The third-order valence-corrected chi connectivity index (χ3v) is 18.2. The third-order valence-electron chi connectivity index (χ3n) is 18.2. The zero-order valence-corrected chi connectivity index (χ0v) is 57.2. The number of carbonyl (C=O) groups excluding carboxylic acids is 2. The summed E-state index contributed by atoms with van der Waals surface area (Å²) in [7, 11) is 0. The lowest BCUT2D eigenvalue weighted by atomic mass is 10.0. The quantitative estimate of drug-likeness (QED) is 0.0320. The van der Waals surface area contributed by atoms with Gasteiger partial charge in [0.25, 0.3) is 0 Å². The van der Waals surface area contributed by atoms with Crippen molar-refractivity contribution in [2.24, 2.45) is 0 Å². The van der Waals surface area contributed by atoms with E-state index in [-0.39, 0.29) is 18.5 Å². The predicted molar refractivity (Wildman–Crippen MR) is 370 cm³/mol. The fourth-order valence-corrected chi connectivity index (χ4v) is 12.3. The Bertz CT molecular complexity index is 1320. The second-order valence-corrected chi connectivity index (χ2v) is 26.7. The molecule has 0 aliphatic rings. The maximum Gasteiger partial charge on any atom is 0.305 e. The molecule has 1 amide bonds. The number of unbranched alkanes of at least 4 members (excludes halogenated alkanes) is 60. The lowest BCUT2D eigenvalue weighted by Crippen LogP contribution is -2.45. The summed E-state index contributed by atoms with van der Waals surface area (Å²) in [5.74, 6) is -0.0367. The number of hydrogen-bond acceptors (Lipinski definition) is 5. The summed E-state index contributed by atoms with van der Waals surface area (Å²) >= 11 is 0. The van der Waals surface area contributed by atoms with Crippen LogP contribution >= 0.6 is 0 Å². The summed E-state index contributed by atoms with van der Waals surface area (Å²) in [4.78, 5) is 24.6. The van der Waals surface area contributed by atoms with Gasteiger partial charge in [-0.15, -0.1) is 0 Å². The number of carbonyl (C=O) groups is 2. The molecule has 0 aromatic rings. The van der Waals surface area contributed by atoms with E-state index in [0.717, 1.165) is 38.5 Å². The molecule has 0 aliphatic heterocycles. The topological polar surface area (TPSA) is 95.9 Å². The molecule has 0 saturated carbocycles. The van der Waals surface area contributed by atoms with E-state index in [9.17, 15) is 19.8 Å². The van der Waals surface area contributed by atoms with Crippen LogP contribution in [0.4, 0.5) is 0 Å². The van der Waals surface area contributed by atoms with Gasteiger partial charge in [-0.2, -0.15) is 0 Å². The van der Waals surface area contributed by atoms with Crippen LogP contribution in [0.1, 0.15) is 438 Å². The number of hydrogen-bond donors (Lipinski definition) is 3. The van der Waals surface area contributed by atoms with Gasteiger partial charge in [-0.1, -0.05) is 391 Å². The molecule has 0 saturated heterocycles. The molecule has 6 nitrogen and oxygen atoms in total. The fourth-order valence-electron chi connectivity index (χ4n) is 12.3. The van der Waals surface area contributed by atoms with Gasteiger partial charge >= 0.3 is 5.97 Å². The highest BCUT2D eigenvalue weighted by molar-refractivity contribution is 5.76. The molecule has 84 heavy (non-hydrogen) atoms. The van der Waals surface area contributed by atoms with E-state index in [0.29, 0.717) is 19.4 Å². The van der Waals surface area contributed by atoms with Gasteiger partial charge < -0.3 is 20.3 Å². The molecular formula is C78H151NO5. The van der Waals surface area contributed by atoms with E-state index >= 15 is 0 Å². The van der Waals surface area contributed by atoms with Crippen molar-refractivity contribution >= 4 is 11.9 Å². The predicted octanol–water partition coefficient (Wildman–Crippen LogP) is 25.3. The number of nitrogens with one attached hydrogen (secondary N) is 1. The molecule has 0 aliphatic carbocycles. The molecular weight excluding hydrogens is 1030 g/mol. The maximum absolute atomic E-state index is 12.5. The van der Waals surface area contributed by atoms with Gasteiger partial charge in [0, 0.05) is 12.8 Å². The SMILES string of the molecule is CCCCCCCCCCCCCC/C=C/C(O)C(CO)NC(=O)CCCCCCCCCCCCCCCCCCC/C=C\CCCCCCCCCCCCCCCCOC(=O)CCCCCCCCCCCCCCCCCCCC. The van der Waals surface area contributed by atoms with Gasteiger partial charge in [-0.3, -0.25) is 9.59 Å². The minimum absolute atomic E-state index is 0.0253. The molecule has 0 aromatic heterocycles. The number of aliphatic hydroxyl groups is 2. The van der Waals surface area contributed by atoms with Crippen LogP contribution in [0.5, 0.6) is 0 Å². The van der Waals surface area contributed by atoms with Crippen LogP contribution in [0, 0.1) is 0 Å². The Morgan fingerprint density at radius 3 is 0.845 bits per heavy atom. The number of ether oxygens (including phenoxy) is 1. The van der Waals surface area contributed by atoms with Gasteiger partial charge in [-0.05, 0) is 57.8 Å². The number of allylic oxidation sites excluding steroid dienone is 3. The average Bonchev–Trinajstić information content (AvgIpc) is 3.52. The average molecular weight is 1180 g/mol. The second-order valence-electron chi connectivity index (χ2n) is 26.7. The smallest absolute Gasteiger partial charge is 0.305 e. The summed E-state index contributed by atoms with van der Waals surface area (Å²) in [6, 6.07) is -0.624. The van der Waals surface area contributed by atoms with Crippen LogP contribution in [0.2, 0.25) is 0 Å². The minimum atomic E-state index is -0.841. The highest BCUT2D eigenvalue weighted by atomic mass is 16.5. The molecule has 0 rings (SSSR count). The van der Waals surface area contributed by atoms with Crippen molar-refractivity contribution < 1.29 is 24.5 Å². The summed E-state index contributed by atoms with van der Waals surface area (Å²) in [6.45, 7) is 4.95. The monoisotopic (exact) mass is 1180 g/mol. The first-order valence-corrected chi connectivity index (χ1v) is 38.6. The van der Waals surface area contributed by atoms with E-state index in [1.54, 1.807) is 6.08 Å². The molecule has 2 unspecified atom stereocenters. The van der Waals surface area contributed by atoms with Crippen molar-refractivity contribution in [1.29, 1.82) is 0 Å². The fraction of sp³-hybridized carbons (Fsp3) is 0.923. The summed E-state index contributed by atoms with van der Waals surface area (Å²) in [6.07, 6.45) is 94.4. The van der Waals surface area contributed by atoms with Crippen LogP contribution in [0.3, 0.4) is 0 Å². The molecule has 6 heteroatoms. The lowest BCUT2D eigenvalue weighted by Gasteiger charge is -2.20. The molecule has 2 atom stereocenters. The van der Waals surface area contributed by atoms with Crippen LogP contribution in [0.15, 0.2) is 24.3 Å². The van der Waals surface area contributed by atoms with Gasteiger partial charge in [-0.25, -0.2) is 0 Å². The Kier molecular flexibility index (Phi) is 72.3. The first kappa shape index (κ1) is 82.3. The first-order chi connectivity index (χ1) is 41.5. The largest absolute Gasteiger partial charge is 0.466 e. The Hall–Kier alpha value is -1.66. The van der Waals surface area contributed by atoms with Gasteiger partial charge in [0.1, 0.15) is 0 Å². The van der Waals surface area contributed by atoms with Crippen molar-refractivity contribution in [2.75, 3.05) is 13.2 Å². The van der Waals surface area contributed by atoms with E-state index in [4.69, 9.17) is 4.74 Å². The first-order valence-electron chi connectivity index (χ1n) is 38.6. The molecule has 0 bridgehead atoms. The van der Waals surface area contributed by atoms with E-state index in [1.807, 2.05) is 6.08 Å². The Labute approximate surface area is 526 Å². The zero-order chi connectivity index (χ0) is 60.6. The minimum Gasteiger partial charge on any atom is -0.466 e. The third kappa shape index (κ3) is 69.4. The van der Waals surface area contributed by atoms with Crippen LogP contribution in [-0.4, -0.2) is 47.4 Å². The van der Waals surface area contributed by atoms with Crippen molar-refractivity contribution in [3.05, 3.63) is 24.3 Å². The van der Waals surface area contributed by atoms with Gasteiger partial charge in [0.2, 0.25) is 5.91 Å². The van der Waals surface area contributed by atoms with Crippen molar-refractivity contribution in [3.63, 3.8) is 0 Å². The van der Waals surface area contributed by atoms with Crippen LogP contribution < -0.4 is 5.32 Å². The molecule has 0 fully saturated rings. The molecule has 3 N–H and O–H groups in total. The molecule has 0 heterocycles. The van der Waals surface area contributed by atoms with E-state index < -0.39 is 12.1 Å². The maximum atomic E-state index is 12.5. The van der Waals surface area contributed by atoms with Crippen molar-refractivity contribution in [1.82, 2.24) is 5.32 Å². The number of rotatable bonds is 73. The zero-order valence-electron chi connectivity index (χ0n) is 57.2. The highest BCUT2D eigenvalue weighted by Crippen LogP contribution is 2.20. The van der Waals surface area contributed by atoms with Crippen molar-refractivity contribution in [3.8, 4) is 0 Å². The number of amides is 1. The molecule has 0 aromatic carbocycles. The molecule has 498 valence electrons. The van der Waals surface area contributed by atoms with Crippen molar-refractivity contribution in [2.45, 2.75) is 450 Å². The summed E-state index contributed by atoms with van der Waals surface area (Å²) in [5.41, 5.74) is 0. The standard InChI is InChI=1S/C78H151NO5/c1-3-5-7-9-11-13-15-17-19-20-41-44-48-52-56-60-64-68-72-78(83)84-73-69-65-61-57-53-49-45-42-39-37-35-33-31-29-27-25-23-21-22-24-26-28-30-32-34-36-38-40-43-47-51-55-59-63-67-71-77(82)79-75(74-80)76(81)70-66-62-58-54-50-46-18-16-14-12-10-8-6-4-2/h23,25,66,70,75-76,80-81H,3-22,24,26-65,67-69,71-74H2,1-2H3,(H,79,82)/b25-23-,70-66+. The highest BCUT2D eigenvalue weighted by Gasteiger charge is 2.18. The number of esters is 1. The van der Waals surface area contributed by atoms with E-state index in [1.165, 1.54) is 372 Å². The van der Waals surface area contributed by atoms with Crippen LogP contribution in [-0.2, 0) is 14.3 Å². The van der Waals surface area contributed by atoms with Gasteiger partial charge in [0.05, 0.1) is 25.4 Å². The Morgan fingerprint density at radius 1 is 0.321 bits per heavy atom. The normalized spacial score (nSPS) is 12.6. The second kappa shape index (κ2) is 73.8. The van der Waals surface area contributed by atoms with Crippen LogP contribution in [0.25, 0.3) is 0 Å². The summed E-state index contributed by atoms with van der Waals surface area (Å²) in [5, 5.41) is 23.2. The lowest BCUT2D eigenvalue weighted by molar-refractivity contribution is -0.143. The number of aliphatic hydroxyl groups excluding tert-OH is 2. The summed E-state index contributed by atoms with van der Waals surface area (Å²) < 4.78 is 5.52. The molecule has 0 radical (unpaired) electrons. The molecule has 0 spiro atoms. The van der Waals surface area contributed by atoms with Gasteiger partial charge in [0.15, 0.2) is 0 Å². The Morgan fingerprint density at radius 2 is 0.560 bits per heavy atom. The van der Waals surface area contributed by atoms with E-state index in [2.05, 4.69) is 31.3 Å². The Balaban J connectivity index is 3.32.